The number of para-hydroxylation sites is 1. The van der Waals surface area contributed by atoms with Crippen LogP contribution in [0.25, 0.3) is 0 Å². The molecule has 0 heterocycles. The van der Waals surface area contributed by atoms with Crippen molar-refractivity contribution in [3.63, 3.8) is 0 Å². The number of halogens is 1. The molecule has 2 aromatic carbocycles. The summed E-state index contributed by atoms with van der Waals surface area (Å²) in [5.74, 6) is 0.225. The Bertz CT molecular complexity index is 728. The summed E-state index contributed by atoms with van der Waals surface area (Å²) >= 11 is 3.36. The summed E-state index contributed by atoms with van der Waals surface area (Å²) in [4.78, 5) is 23.8. The molecule has 0 radical (unpaired) electrons. The minimum absolute atomic E-state index is 0.110. The standard InChI is InChI=1S/C19H20BrNO4/c1-13(2)11-25-19(23)14-7-9-15(10-8-14)21-18(22)12-24-17-6-4-3-5-16(17)20/h3-10,13H,11-12H2,1-2H3,(H,21,22). The maximum atomic E-state index is 12.0. The lowest BCUT2D eigenvalue weighted by Crippen LogP contribution is -2.20. The Morgan fingerprint density at radius 1 is 1.08 bits per heavy atom. The van der Waals surface area contributed by atoms with Crippen molar-refractivity contribution in [3.05, 3.63) is 58.6 Å². The SMILES string of the molecule is CC(C)COC(=O)c1ccc(NC(=O)COc2ccccc2Br)cc1. The number of benzene rings is 2. The van der Waals surface area contributed by atoms with Gasteiger partial charge in [0, 0.05) is 5.69 Å². The first-order valence-electron chi connectivity index (χ1n) is 7.90. The first-order valence-corrected chi connectivity index (χ1v) is 8.69. The van der Waals surface area contributed by atoms with Gasteiger partial charge in [-0.2, -0.15) is 0 Å². The van der Waals surface area contributed by atoms with E-state index in [0.717, 1.165) is 4.47 Å². The summed E-state index contributed by atoms with van der Waals surface area (Å²) in [5.41, 5.74) is 1.03. The van der Waals surface area contributed by atoms with Gasteiger partial charge in [-0.15, -0.1) is 0 Å². The highest BCUT2D eigenvalue weighted by molar-refractivity contribution is 9.10. The summed E-state index contributed by atoms with van der Waals surface area (Å²) in [6.07, 6.45) is 0. The van der Waals surface area contributed by atoms with E-state index in [1.165, 1.54) is 0 Å². The zero-order valence-corrected chi connectivity index (χ0v) is 15.7. The van der Waals surface area contributed by atoms with Gasteiger partial charge in [0.05, 0.1) is 16.6 Å². The molecule has 0 spiro atoms. The number of ether oxygens (including phenoxy) is 2. The van der Waals surface area contributed by atoms with Crippen LogP contribution in [0.3, 0.4) is 0 Å². The molecule has 0 atom stereocenters. The fourth-order valence-corrected chi connectivity index (χ4v) is 2.32. The number of anilines is 1. The summed E-state index contributed by atoms with van der Waals surface area (Å²) in [6.45, 7) is 4.22. The number of esters is 1. The molecule has 1 N–H and O–H groups in total. The number of hydrogen-bond donors (Lipinski definition) is 1. The number of hydrogen-bond acceptors (Lipinski definition) is 4. The van der Waals surface area contributed by atoms with Crippen molar-refractivity contribution >= 4 is 33.5 Å². The highest BCUT2D eigenvalue weighted by Gasteiger charge is 2.09. The summed E-state index contributed by atoms with van der Waals surface area (Å²) in [5, 5.41) is 2.72. The quantitative estimate of drug-likeness (QED) is 0.698. The van der Waals surface area contributed by atoms with Crippen LogP contribution in [0.15, 0.2) is 53.0 Å². The van der Waals surface area contributed by atoms with Gasteiger partial charge >= 0.3 is 5.97 Å². The van der Waals surface area contributed by atoms with Crippen LogP contribution in [-0.2, 0) is 9.53 Å². The van der Waals surface area contributed by atoms with E-state index in [9.17, 15) is 9.59 Å². The Morgan fingerprint density at radius 2 is 1.76 bits per heavy atom. The number of rotatable bonds is 7. The first-order chi connectivity index (χ1) is 12.0. The molecule has 0 saturated carbocycles. The van der Waals surface area contributed by atoms with E-state index in [2.05, 4.69) is 21.2 Å². The zero-order chi connectivity index (χ0) is 18.2. The van der Waals surface area contributed by atoms with Crippen LogP contribution in [0.1, 0.15) is 24.2 Å². The number of nitrogens with one attached hydrogen (secondary N) is 1. The topological polar surface area (TPSA) is 64.6 Å². The van der Waals surface area contributed by atoms with Crippen molar-refractivity contribution in [1.29, 1.82) is 0 Å². The normalized spacial score (nSPS) is 10.4. The van der Waals surface area contributed by atoms with Crippen LogP contribution in [0.2, 0.25) is 0 Å². The lowest BCUT2D eigenvalue weighted by atomic mass is 10.2. The molecule has 132 valence electrons. The van der Waals surface area contributed by atoms with E-state index in [1.54, 1.807) is 30.3 Å². The van der Waals surface area contributed by atoms with E-state index in [-0.39, 0.29) is 24.4 Å². The van der Waals surface area contributed by atoms with Crippen LogP contribution < -0.4 is 10.1 Å². The van der Waals surface area contributed by atoms with Gasteiger partial charge in [0.2, 0.25) is 0 Å². The third-order valence-corrected chi connectivity index (χ3v) is 3.80. The van der Waals surface area contributed by atoms with Crippen LogP contribution in [0, 0.1) is 5.92 Å². The Morgan fingerprint density at radius 3 is 2.40 bits per heavy atom. The minimum atomic E-state index is -0.371. The van der Waals surface area contributed by atoms with Crippen molar-refractivity contribution in [2.24, 2.45) is 5.92 Å². The van der Waals surface area contributed by atoms with Crippen molar-refractivity contribution in [3.8, 4) is 5.75 Å². The third-order valence-electron chi connectivity index (χ3n) is 3.15. The van der Waals surface area contributed by atoms with Gasteiger partial charge in [-0.05, 0) is 58.2 Å². The molecular weight excluding hydrogens is 386 g/mol. The first kappa shape index (κ1) is 19.0. The number of carbonyl (C=O) groups is 2. The largest absolute Gasteiger partial charge is 0.483 e. The predicted molar refractivity (Wildman–Crippen MR) is 99.8 cm³/mol. The summed E-state index contributed by atoms with van der Waals surface area (Å²) in [7, 11) is 0. The molecule has 2 rings (SSSR count). The number of carbonyl (C=O) groups excluding carboxylic acids is 2. The maximum Gasteiger partial charge on any atom is 0.338 e. The monoisotopic (exact) mass is 405 g/mol. The van der Waals surface area contributed by atoms with Gasteiger partial charge in [-0.3, -0.25) is 4.79 Å². The molecule has 25 heavy (non-hydrogen) atoms. The fourth-order valence-electron chi connectivity index (χ4n) is 1.92. The molecule has 0 aliphatic heterocycles. The Labute approximate surface area is 155 Å². The third kappa shape index (κ3) is 6.23. The molecule has 1 amide bonds. The highest BCUT2D eigenvalue weighted by Crippen LogP contribution is 2.23. The van der Waals surface area contributed by atoms with Gasteiger partial charge < -0.3 is 14.8 Å². The van der Waals surface area contributed by atoms with Gasteiger partial charge in [0.25, 0.3) is 5.91 Å². The van der Waals surface area contributed by atoms with E-state index in [0.29, 0.717) is 23.6 Å². The minimum Gasteiger partial charge on any atom is -0.483 e. The molecule has 0 aliphatic carbocycles. The zero-order valence-electron chi connectivity index (χ0n) is 14.1. The molecule has 0 fully saturated rings. The average molecular weight is 406 g/mol. The van der Waals surface area contributed by atoms with Crippen LogP contribution in [0.4, 0.5) is 5.69 Å². The molecule has 6 heteroatoms. The van der Waals surface area contributed by atoms with Crippen molar-refractivity contribution < 1.29 is 19.1 Å². The van der Waals surface area contributed by atoms with Gasteiger partial charge in [-0.25, -0.2) is 4.79 Å². The Kier molecular flexibility index (Phi) is 7.01. The lowest BCUT2D eigenvalue weighted by Gasteiger charge is -2.10. The second-order valence-electron chi connectivity index (χ2n) is 5.84. The van der Waals surface area contributed by atoms with Gasteiger partial charge in [-0.1, -0.05) is 26.0 Å². The maximum absolute atomic E-state index is 12.0. The van der Waals surface area contributed by atoms with Crippen LogP contribution in [0.5, 0.6) is 5.75 Å². The molecule has 0 unspecified atom stereocenters. The van der Waals surface area contributed by atoms with Crippen LogP contribution in [-0.4, -0.2) is 25.1 Å². The second kappa shape index (κ2) is 9.22. The van der Waals surface area contributed by atoms with Gasteiger partial charge in [0.1, 0.15) is 5.75 Å². The lowest BCUT2D eigenvalue weighted by molar-refractivity contribution is -0.118. The second-order valence-corrected chi connectivity index (χ2v) is 6.69. The molecular formula is C19H20BrNO4. The Hall–Kier alpha value is -2.34. The van der Waals surface area contributed by atoms with E-state index >= 15 is 0 Å². The smallest absolute Gasteiger partial charge is 0.338 e. The predicted octanol–water partition coefficient (Wildman–Crippen LogP) is 4.28. The van der Waals surface area contributed by atoms with Crippen molar-refractivity contribution in [2.45, 2.75) is 13.8 Å². The highest BCUT2D eigenvalue weighted by atomic mass is 79.9. The van der Waals surface area contributed by atoms with Crippen molar-refractivity contribution in [2.75, 3.05) is 18.5 Å². The molecule has 0 aromatic heterocycles. The fraction of sp³-hybridized carbons (Fsp3) is 0.263. The van der Waals surface area contributed by atoms with E-state index in [1.807, 2.05) is 32.0 Å². The van der Waals surface area contributed by atoms with E-state index in [4.69, 9.17) is 9.47 Å². The average Bonchev–Trinajstić information content (AvgIpc) is 2.59. The van der Waals surface area contributed by atoms with Crippen molar-refractivity contribution in [1.82, 2.24) is 0 Å². The molecule has 5 nitrogen and oxygen atoms in total. The molecule has 0 bridgehead atoms. The molecule has 0 saturated heterocycles. The van der Waals surface area contributed by atoms with E-state index < -0.39 is 0 Å². The molecule has 0 aliphatic rings. The van der Waals surface area contributed by atoms with Gasteiger partial charge in [0.15, 0.2) is 6.61 Å². The summed E-state index contributed by atoms with van der Waals surface area (Å²) in [6, 6.07) is 13.9. The molecule has 2 aromatic rings. The summed E-state index contributed by atoms with van der Waals surface area (Å²) < 4.78 is 11.4. The van der Waals surface area contributed by atoms with Crippen LogP contribution >= 0.6 is 15.9 Å². The Balaban J connectivity index is 1.85. The number of amides is 1.